The van der Waals surface area contributed by atoms with Gasteiger partial charge >= 0.3 is 5.97 Å². The summed E-state index contributed by atoms with van der Waals surface area (Å²) >= 11 is 0. The Balaban J connectivity index is 2.52. The summed E-state index contributed by atoms with van der Waals surface area (Å²) in [6, 6.07) is 12.0. The quantitative estimate of drug-likeness (QED) is 0.775. The zero-order chi connectivity index (χ0) is 13.1. The van der Waals surface area contributed by atoms with Crippen molar-refractivity contribution in [2.45, 2.75) is 20.4 Å². The molecule has 3 heteroatoms. The number of aromatic nitrogens is 1. The summed E-state index contributed by atoms with van der Waals surface area (Å²) in [7, 11) is 1.40. The Morgan fingerprint density at radius 1 is 1.28 bits per heavy atom. The van der Waals surface area contributed by atoms with Gasteiger partial charge in [-0.1, -0.05) is 23.8 Å². The van der Waals surface area contributed by atoms with Crippen molar-refractivity contribution in [3.63, 3.8) is 0 Å². The average molecular weight is 243 g/mol. The number of aryl methyl sites for hydroxylation is 1. The summed E-state index contributed by atoms with van der Waals surface area (Å²) in [4.78, 5) is 11.7. The standard InChI is InChI=1S/C15H17NO2/c1-4-16-13(8-9-14(16)15(17)18-3)12-7-5-6-11(2)10-12/h5-10H,4H2,1-3H3. The molecule has 1 aromatic heterocycles. The second kappa shape index (κ2) is 5.08. The van der Waals surface area contributed by atoms with Gasteiger partial charge in [0.1, 0.15) is 5.69 Å². The maximum atomic E-state index is 11.7. The fourth-order valence-corrected chi connectivity index (χ4v) is 2.15. The molecule has 0 aliphatic carbocycles. The van der Waals surface area contributed by atoms with Crippen LogP contribution in [0.2, 0.25) is 0 Å². The number of esters is 1. The van der Waals surface area contributed by atoms with Crippen molar-refractivity contribution in [1.82, 2.24) is 4.57 Å². The van der Waals surface area contributed by atoms with Crippen LogP contribution in [0.1, 0.15) is 23.0 Å². The van der Waals surface area contributed by atoms with Crippen LogP contribution in [-0.2, 0) is 11.3 Å². The van der Waals surface area contributed by atoms with Gasteiger partial charge < -0.3 is 9.30 Å². The van der Waals surface area contributed by atoms with E-state index in [-0.39, 0.29) is 5.97 Å². The molecule has 0 radical (unpaired) electrons. The van der Waals surface area contributed by atoms with E-state index in [4.69, 9.17) is 4.74 Å². The van der Waals surface area contributed by atoms with Crippen LogP contribution in [0.25, 0.3) is 11.3 Å². The van der Waals surface area contributed by atoms with E-state index >= 15 is 0 Å². The predicted molar refractivity (Wildman–Crippen MR) is 71.6 cm³/mol. The second-order valence-corrected chi connectivity index (χ2v) is 4.21. The normalized spacial score (nSPS) is 10.4. The maximum absolute atomic E-state index is 11.7. The van der Waals surface area contributed by atoms with Gasteiger partial charge in [0.2, 0.25) is 0 Å². The Bertz CT molecular complexity index is 570. The number of hydrogen-bond donors (Lipinski definition) is 0. The first-order valence-corrected chi connectivity index (χ1v) is 6.02. The minimum absolute atomic E-state index is 0.296. The van der Waals surface area contributed by atoms with Crippen LogP contribution in [0, 0.1) is 6.92 Å². The Hall–Kier alpha value is -2.03. The van der Waals surface area contributed by atoms with E-state index in [1.807, 2.05) is 29.7 Å². The van der Waals surface area contributed by atoms with Crippen molar-refractivity contribution >= 4 is 5.97 Å². The highest BCUT2D eigenvalue weighted by Gasteiger charge is 2.15. The minimum atomic E-state index is -0.296. The first kappa shape index (κ1) is 12.4. The fourth-order valence-electron chi connectivity index (χ4n) is 2.15. The van der Waals surface area contributed by atoms with Crippen LogP contribution in [0.4, 0.5) is 0 Å². The van der Waals surface area contributed by atoms with Crippen LogP contribution in [0.15, 0.2) is 36.4 Å². The van der Waals surface area contributed by atoms with Gasteiger partial charge in [-0.05, 0) is 37.6 Å². The third-order valence-electron chi connectivity index (χ3n) is 3.01. The molecule has 0 aliphatic heterocycles. The van der Waals surface area contributed by atoms with Gasteiger partial charge in [-0.2, -0.15) is 0 Å². The molecule has 0 spiro atoms. The minimum Gasteiger partial charge on any atom is -0.464 e. The van der Waals surface area contributed by atoms with E-state index in [2.05, 4.69) is 25.1 Å². The number of methoxy groups -OCH3 is 1. The predicted octanol–water partition coefficient (Wildman–Crippen LogP) is 3.27. The largest absolute Gasteiger partial charge is 0.464 e. The van der Waals surface area contributed by atoms with E-state index in [9.17, 15) is 4.79 Å². The lowest BCUT2D eigenvalue weighted by atomic mass is 10.1. The molecule has 0 fully saturated rings. The van der Waals surface area contributed by atoms with Gasteiger partial charge in [-0.15, -0.1) is 0 Å². The number of carbonyl (C=O) groups excluding carboxylic acids is 1. The summed E-state index contributed by atoms with van der Waals surface area (Å²) in [5.74, 6) is -0.296. The Morgan fingerprint density at radius 3 is 2.67 bits per heavy atom. The fraction of sp³-hybridized carbons (Fsp3) is 0.267. The molecule has 1 heterocycles. The van der Waals surface area contributed by atoms with Gasteiger partial charge in [-0.25, -0.2) is 4.79 Å². The van der Waals surface area contributed by atoms with E-state index < -0.39 is 0 Å². The van der Waals surface area contributed by atoms with Gasteiger partial charge in [0.15, 0.2) is 0 Å². The van der Waals surface area contributed by atoms with Crippen LogP contribution in [0.3, 0.4) is 0 Å². The van der Waals surface area contributed by atoms with E-state index in [1.54, 1.807) is 0 Å². The Morgan fingerprint density at radius 2 is 2.06 bits per heavy atom. The van der Waals surface area contributed by atoms with Crippen molar-refractivity contribution in [3.8, 4) is 11.3 Å². The summed E-state index contributed by atoms with van der Waals surface area (Å²) < 4.78 is 6.76. The maximum Gasteiger partial charge on any atom is 0.354 e. The van der Waals surface area contributed by atoms with Crippen LogP contribution < -0.4 is 0 Å². The highest BCUT2D eigenvalue weighted by Crippen LogP contribution is 2.24. The van der Waals surface area contributed by atoms with Gasteiger partial charge in [0.25, 0.3) is 0 Å². The van der Waals surface area contributed by atoms with E-state index in [0.717, 1.165) is 17.8 Å². The third kappa shape index (κ3) is 2.16. The summed E-state index contributed by atoms with van der Waals surface area (Å²) in [6.07, 6.45) is 0. The second-order valence-electron chi connectivity index (χ2n) is 4.21. The van der Waals surface area contributed by atoms with Crippen molar-refractivity contribution in [1.29, 1.82) is 0 Å². The van der Waals surface area contributed by atoms with E-state index in [0.29, 0.717) is 5.69 Å². The molecule has 0 atom stereocenters. The lowest BCUT2D eigenvalue weighted by Gasteiger charge is -2.10. The van der Waals surface area contributed by atoms with Crippen LogP contribution in [-0.4, -0.2) is 17.6 Å². The zero-order valence-electron chi connectivity index (χ0n) is 10.9. The lowest BCUT2D eigenvalue weighted by molar-refractivity contribution is 0.0589. The van der Waals surface area contributed by atoms with Gasteiger partial charge in [0.05, 0.1) is 7.11 Å². The van der Waals surface area contributed by atoms with Crippen LogP contribution >= 0.6 is 0 Å². The molecule has 18 heavy (non-hydrogen) atoms. The van der Waals surface area contributed by atoms with Crippen molar-refractivity contribution in [2.24, 2.45) is 0 Å². The molecular formula is C15H17NO2. The molecule has 0 N–H and O–H groups in total. The summed E-state index contributed by atoms with van der Waals surface area (Å²) in [5, 5.41) is 0. The Kier molecular flexibility index (Phi) is 3.51. The number of benzene rings is 1. The number of rotatable bonds is 3. The Labute approximate surface area is 107 Å². The number of ether oxygens (including phenoxy) is 1. The van der Waals surface area contributed by atoms with Crippen LogP contribution in [0.5, 0.6) is 0 Å². The monoisotopic (exact) mass is 243 g/mol. The first-order chi connectivity index (χ1) is 8.67. The van der Waals surface area contributed by atoms with Crippen molar-refractivity contribution in [2.75, 3.05) is 7.11 Å². The lowest BCUT2D eigenvalue weighted by Crippen LogP contribution is -2.10. The molecule has 0 amide bonds. The highest BCUT2D eigenvalue weighted by molar-refractivity contribution is 5.89. The summed E-state index contributed by atoms with van der Waals surface area (Å²) in [6.45, 7) is 4.82. The molecule has 94 valence electrons. The summed E-state index contributed by atoms with van der Waals surface area (Å²) in [5.41, 5.74) is 3.96. The topological polar surface area (TPSA) is 31.2 Å². The molecule has 0 saturated carbocycles. The van der Waals surface area contributed by atoms with Crippen molar-refractivity contribution in [3.05, 3.63) is 47.7 Å². The molecule has 2 aromatic rings. The molecule has 0 aliphatic rings. The molecule has 2 rings (SSSR count). The zero-order valence-corrected chi connectivity index (χ0v) is 10.9. The SMILES string of the molecule is CCn1c(C(=O)OC)ccc1-c1cccc(C)c1. The molecule has 0 unspecified atom stereocenters. The molecule has 0 saturated heterocycles. The molecular weight excluding hydrogens is 226 g/mol. The molecule has 1 aromatic carbocycles. The molecule has 0 bridgehead atoms. The first-order valence-electron chi connectivity index (χ1n) is 6.02. The van der Waals surface area contributed by atoms with Gasteiger partial charge in [0, 0.05) is 12.2 Å². The number of hydrogen-bond acceptors (Lipinski definition) is 2. The highest BCUT2D eigenvalue weighted by atomic mass is 16.5. The average Bonchev–Trinajstić information content (AvgIpc) is 2.81. The third-order valence-corrected chi connectivity index (χ3v) is 3.01. The van der Waals surface area contributed by atoms with Gasteiger partial charge in [-0.3, -0.25) is 0 Å². The smallest absolute Gasteiger partial charge is 0.354 e. The van der Waals surface area contributed by atoms with Crippen molar-refractivity contribution < 1.29 is 9.53 Å². The number of carbonyl (C=O) groups is 1. The number of nitrogens with zero attached hydrogens (tertiary/aromatic N) is 1. The molecule has 3 nitrogen and oxygen atoms in total. The van der Waals surface area contributed by atoms with E-state index in [1.165, 1.54) is 12.7 Å².